The van der Waals surface area contributed by atoms with Crippen LogP contribution < -0.4 is 0 Å². The Morgan fingerprint density at radius 2 is 1.85 bits per heavy atom. The van der Waals surface area contributed by atoms with Crippen LogP contribution in [0.15, 0.2) is 0 Å². The number of carbonyl (C=O) groups is 1. The molecule has 0 rings (SSSR count). The van der Waals surface area contributed by atoms with Crippen molar-refractivity contribution >= 4 is 5.97 Å². The molecule has 0 aromatic rings. The Kier molecular flexibility index (Phi) is 5.66. The predicted molar refractivity (Wildman–Crippen MR) is 48.1 cm³/mol. The van der Waals surface area contributed by atoms with E-state index in [-0.39, 0.29) is 19.6 Å². The molecule has 4 heteroatoms. The third kappa shape index (κ3) is 4.24. The van der Waals surface area contributed by atoms with Gasteiger partial charge >= 0.3 is 5.97 Å². The summed E-state index contributed by atoms with van der Waals surface area (Å²) in [7, 11) is 0. The third-order valence-corrected chi connectivity index (χ3v) is 2.30. The van der Waals surface area contributed by atoms with Gasteiger partial charge in [-0.1, -0.05) is 6.92 Å². The molecular weight excluding hydrogens is 172 g/mol. The quantitative estimate of drug-likeness (QED) is 0.543. The Hall–Kier alpha value is -0.610. The van der Waals surface area contributed by atoms with Crippen LogP contribution in [0.2, 0.25) is 0 Å². The summed E-state index contributed by atoms with van der Waals surface area (Å²) in [4.78, 5) is 10.2. The number of hydrogen-bond acceptors (Lipinski definition) is 3. The van der Waals surface area contributed by atoms with Crippen LogP contribution in [0.25, 0.3) is 0 Å². The zero-order chi connectivity index (χ0) is 10.3. The molecule has 0 fully saturated rings. The molecule has 0 atom stereocenters. The average Bonchev–Trinajstić information content (AvgIpc) is 2.13. The summed E-state index contributed by atoms with van der Waals surface area (Å²) >= 11 is 0. The van der Waals surface area contributed by atoms with Crippen molar-refractivity contribution in [2.75, 3.05) is 13.2 Å². The van der Waals surface area contributed by atoms with E-state index in [0.29, 0.717) is 19.3 Å². The topological polar surface area (TPSA) is 77.8 Å². The molecule has 0 aliphatic rings. The van der Waals surface area contributed by atoms with Crippen LogP contribution in [0.3, 0.4) is 0 Å². The van der Waals surface area contributed by atoms with Gasteiger partial charge in [0.25, 0.3) is 0 Å². The normalized spacial score (nSPS) is 11.6. The van der Waals surface area contributed by atoms with Crippen molar-refractivity contribution in [1.29, 1.82) is 0 Å². The van der Waals surface area contributed by atoms with Gasteiger partial charge in [-0.25, -0.2) is 0 Å². The molecule has 0 heterocycles. The number of aliphatic carboxylic acids is 1. The first-order valence-corrected chi connectivity index (χ1v) is 4.33. The molecule has 0 bridgehead atoms. The van der Waals surface area contributed by atoms with Gasteiger partial charge < -0.3 is 15.3 Å². The van der Waals surface area contributed by atoms with E-state index in [9.17, 15) is 4.79 Å². The second-order valence-corrected chi connectivity index (χ2v) is 3.31. The summed E-state index contributed by atoms with van der Waals surface area (Å²) in [6, 6.07) is 0. The molecule has 0 amide bonds. The molecule has 1 radical (unpaired) electrons. The number of hydrogen-bond donors (Lipinski definition) is 3. The number of carboxylic acids is 1. The zero-order valence-electron chi connectivity index (χ0n) is 7.70. The molecule has 0 saturated heterocycles. The maximum Gasteiger partial charge on any atom is 0.303 e. The lowest BCUT2D eigenvalue weighted by Crippen LogP contribution is -2.29. The Labute approximate surface area is 78.2 Å². The summed E-state index contributed by atoms with van der Waals surface area (Å²) in [5.74, 6) is -0.853. The SMILES string of the molecule is [CH2]CC(CO)(CO)CCCC(=O)O. The van der Waals surface area contributed by atoms with Crippen molar-refractivity contribution in [1.82, 2.24) is 0 Å². The molecular formula is C9H17O4. The number of rotatable bonds is 7. The Balaban J connectivity index is 3.88. The van der Waals surface area contributed by atoms with Crippen LogP contribution in [0.4, 0.5) is 0 Å². The molecule has 0 saturated carbocycles. The third-order valence-electron chi connectivity index (χ3n) is 2.30. The lowest BCUT2D eigenvalue weighted by atomic mass is 9.82. The highest BCUT2D eigenvalue weighted by Gasteiger charge is 2.26. The minimum atomic E-state index is -0.853. The van der Waals surface area contributed by atoms with Crippen molar-refractivity contribution in [3.8, 4) is 0 Å². The van der Waals surface area contributed by atoms with E-state index in [0.717, 1.165) is 0 Å². The van der Waals surface area contributed by atoms with Gasteiger partial charge in [0.05, 0.1) is 13.2 Å². The largest absolute Gasteiger partial charge is 0.481 e. The van der Waals surface area contributed by atoms with E-state index in [4.69, 9.17) is 15.3 Å². The van der Waals surface area contributed by atoms with Gasteiger partial charge in [-0.15, -0.1) is 0 Å². The smallest absolute Gasteiger partial charge is 0.303 e. The highest BCUT2D eigenvalue weighted by atomic mass is 16.4. The van der Waals surface area contributed by atoms with Gasteiger partial charge in [0.2, 0.25) is 0 Å². The highest BCUT2D eigenvalue weighted by Crippen LogP contribution is 2.27. The van der Waals surface area contributed by atoms with Crippen LogP contribution in [-0.2, 0) is 4.79 Å². The zero-order valence-corrected chi connectivity index (χ0v) is 7.70. The summed E-state index contributed by atoms with van der Waals surface area (Å²) in [5, 5.41) is 26.4. The monoisotopic (exact) mass is 189 g/mol. The van der Waals surface area contributed by atoms with E-state index in [2.05, 4.69) is 6.92 Å². The van der Waals surface area contributed by atoms with Crippen molar-refractivity contribution in [2.24, 2.45) is 5.41 Å². The van der Waals surface area contributed by atoms with Gasteiger partial charge in [-0.05, 0) is 19.3 Å². The van der Waals surface area contributed by atoms with Gasteiger partial charge in [-0.2, -0.15) is 0 Å². The van der Waals surface area contributed by atoms with Gasteiger partial charge in [0.15, 0.2) is 0 Å². The molecule has 13 heavy (non-hydrogen) atoms. The Bertz CT molecular complexity index is 143. The van der Waals surface area contributed by atoms with Crippen LogP contribution in [0.1, 0.15) is 25.7 Å². The first kappa shape index (κ1) is 12.4. The van der Waals surface area contributed by atoms with Gasteiger partial charge in [-0.3, -0.25) is 4.79 Å². The van der Waals surface area contributed by atoms with E-state index < -0.39 is 11.4 Å². The molecule has 0 spiro atoms. The summed E-state index contributed by atoms with van der Waals surface area (Å²) in [5.41, 5.74) is -0.602. The predicted octanol–water partition coefficient (Wildman–Crippen LogP) is 0.436. The number of aliphatic hydroxyl groups is 2. The van der Waals surface area contributed by atoms with E-state index in [1.54, 1.807) is 0 Å². The molecule has 0 aliphatic carbocycles. The van der Waals surface area contributed by atoms with Crippen molar-refractivity contribution in [3.63, 3.8) is 0 Å². The Morgan fingerprint density at radius 1 is 1.31 bits per heavy atom. The van der Waals surface area contributed by atoms with Crippen LogP contribution in [-0.4, -0.2) is 34.5 Å². The first-order chi connectivity index (χ1) is 6.10. The van der Waals surface area contributed by atoms with E-state index in [1.807, 2.05) is 0 Å². The summed E-state index contributed by atoms with van der Waals surface area (Å²) < 4.78 is 0. The van der Waals surface area contributed by atoms with Gasteiger partial charge in [0.1, 0.15) is 0 Å². The number of carboxylic acid groups (broad SMARTS) is 1. The molecule has 0 unspecified atom stereocenters. The summed E-state index contributed by atoms with van der Waals surface area (Å²) in [6.07, 6.45) is 1.45. The van der Waals surface area contributed by atoms with Crippen molar-refractivity contribution in [3.05, 3.63) is 6.92 Å². The molecule has 0 aliphatic heterocycles. The molecule has 4 nitrogen and oxygen atoms in total. The van der Waals surface area contributed by atoms with E-state index >= 15 is 0 Å². The van der Waals surface area contributed by atoms with Gasteiger partial charge in [0, 0.05) is 11.8 Å². The molecule has 77 valence electrons. The van der Waals surface area contributed by atoms with E-state index in [1.165, 1.54) is 0 Å². The van der Waals surface area contributed by atoms with Crippen LogP contribution in [0, 0.1) is 12.3 Å². The first-order valence-electron chi connectivity index (χ1n) is 4.33. The second kappa shape index (κ2) is 5.94. The molecule has 0 aromatic heterocycles. The fourth-order valence-corrected chi connectivity index (χ4v) is 1.11. The second-order valence-electron chi connectivity index (χ2n) is 3.31. The lowest BCUT2D eigenvalue weighted by molar-refractivity contribution is -0.137. The highest BCUT2D eigenvalue weighted by molar-refractivity contribution is 5.66. The van der Waals surface area contributed by atoms with Crippen LogP contribution in [0.5, 0.6) is 0 Å². The molecule has 0 aromatic carbocycles. The fraction of sp³-hybridized carbons (Fsp3) is 0.778. The Morgan fingerprint density at radius 3 is 2.15 bits per heavy atom. The standard InChI is InChI=1S/C9H17O4/c1-2-9(6-10,7-11)5-3-4-8(12)13/h10-11H,1-7H2,(H,12,13). The van der Waals surface area contributed by atoms with Crippen LogP contribution >= 0.6 is 0 Å². The summed E-state index contributed by atoms with van der Waals surface area (Å²) in [6.45, 7) is 3.34. The van der Waals surface area contributed by atoms with Crippen molar-refractivity contribution in [2.45, 2.75) is 25.7 Å². The lowest BCUT2D eigenvalue weighted by Gasteiger charge is -2.27. The number of aliphatic hydroxyl groups excluding tert-OH is 2. The minimum absolute atomic E-state index is 0.0712. The average molecular weight is 189 g/mol. The maximum absolute atomic E-state index is 10.2. The maximum atomic E-state index is 10.2. The molecule has 3 N–H and O–H groups in total. The minimum Gasteiger partial charge on any atom is -0.481 e. The van der Waals surface area contributed by atoms with Crippen molar-refractivity contribution < 1.29 is 20.1 Å². The fourth-order valence-electron chi connectivity index (χ4n) is 1.11.